The molecule has 0 spiro atoms. The maximum atomic E-state index is 13.3. The van der Waals surface area contributed by atoms with Crippen LogP contribution in [0.1, 0.15) is 56.9 Å². The predicted molar refractivity (Wildman–Crippen MR) is 120 cm³/mol. The molecule has 2 N–H and O–H groups in total. The number of aryl methyl sites for hydroxylation is 1. The van der Waals surface area contributed by atoms with Gasteiger partial charge in [0.1, 0.15) is 4.90 Å². The molecule has 1 aliphatic heterocycles. The number of amides is 2. The first-order valence-electron chi connectivity index (χ1n) is 11.5. The van der Waals surface area contributed by atoms with Crippen LogP contribution in [0.4, 0.5) is 4.79 Å². The van der Waals surface area contributed by atoms with Crippen LogP contribution in [0.3, 0.4) is 0 Å². The van der Waals surface area contributed by atoms with Crippen molar-refractivity contribution in [2.24, 2.45) is 23.5 Å². The molecule has 0 aromatic heterocycles. The third-order valence-electron chi connectivity index (χ3n) is 8.30. The van der Waals surface area contributed by atoms with Crippen LogP contribution in [0.25, 0.3) is 0 Å². The van der Waals surface area contributed by atoms with Crippen molar-refractivity contribution in [3.63, 3.8) is 0 Å². The van der Waals surface area contributed by atoms with E-state index in [2.05, 4.69) is 0 Å². The van der Waals surface area contributed by atoms with Crippen LogP contribution in [0.5, 0.6) is 0 Å². The smallest absolute Gasteiger partial charge is 0.315 e. The van der Waals surface area contributed by atoms with E-state index in [4.69, 9.17) is 17.3 Å². The summed E-state index contributed by atoms with van der Waals surface area (Å²) in [5.74, 6) is 2.16. The average molecular weight is 466 g/mol. The molecule has 170 valence electrons. The van der Waals surface area contributed by atoms with Crippen molar-refractivity contribution < 1.29 is 13.2 Å². The lowest BCUT2D eigenvalue weighted by Gasteiger charge is -2.61. The molecule has 31 heavy (non-hydrogen) atoms. The summed E-state index contributed by atoms with van der Waals surface area (Å²) in [5, 5.41) is 0.259. The molecule has 0 radical (unpaired) electrons. The van der Waals surface area contributed by atoms with Crippen LogP contribution in [0.2, 0.25) is 5.02 Å². The maximum Gasteiger partial charge on any atom is 0.315 e. The molecule has 1 heterocycles. The standard InChI is InChI=1S/C23H32ClN3O3S/c1-15-3-2-4-20(24)21(15)31(29,30)26-7-5-19(6-8-26)27(22(25)28)23-12-16-9-17(13-23)11-18(10-16)14-23/h2-4,16-19H,5-14H2,1H3,(H2,25,28). The number of urea groups is 1. The maximum absolute atomic E-state index is 13.3. The summed E-state index contributed by atoms with van der Waals surface area (Å²) in [6, 6.07) is 4.83. The summed E-state index contributed by atoms with van der Waals surface area (Å²) in [5.41, 5.74) is 6.53. The van der Waals surface area contributed by atoms with E-state index in [1.165, 1.54) is 23.6 Å². The molecule has 1 aromatic carbocycles. The van der Waals surface area contributed by atoms with Crippen LogP contribution >= 0.6 is 11.6 Å². The molecular formula is C23H32ClN3O3S. The van der Waals surface area contributed by atoms with E-state index in [1.807, 2.05) is 4.90 Å². The van der Waals surface area contributed by atoms with E-state index in [1.54, 1.807) is 25.1 Å². The van der Waals surface area contributed by atoms with Crippen LogP contribution in [-0.2, 0) is 10.0 Å². The number of nitrogens with two attached hydrogens (primary N) is 1. The summed E-state index contributed by atoms with van der Waals surface area (Å²) >= 11 is 6.26. The highest BCUT2D eigenvalue weighted by atomic mass is 35.5. The number of halogens is 1. The molecule has 2 amide bonds. The number of carbonyl (C=O) groups excluding carboxylic acids is 1. The van der Waals surface area contributed by atoms with Gasteiger partial charge in [-0.25, -0.2) is 13.2 Å². The van der Waals surface area contributed by atoms with Gasteiger partial charge in [0.25, 0.3) is 0 Å². The molecule has 5 fully saturated rings. The summed E-state index contributed by atoms with van der Waals surface area (Å²) in [4.78, 5) is 14.9. The number of sulfonamides is 1. The molecule has 0 unspecified atom stereocenters. The second kappa shape index (κ2) is 7.63. The minimum atomic E-state index is -3.67. The predicted octanol–water partition coefficient (Wildman–Crippen LogP) is 4.15. The Morgan fingerprint density at radius 2 is 1.65 bits per heavy atom. The highest BCUT2D eigenvalue weighted by Gasteiger charge is 2.56. The second-order valence-corrected chi connectivity index (χ2v) is 12.7. The molecule has 0 atom stereocenters. The summed E-state index contributed by atoms with van der Waals surface area (Å²) < 4.78 is 28.1. The van der Waals surface area contributed by atoms with Crippen molar-refractivity contribution in [3.05, 3.63) is 28.8 Å². The van der Waals surface area contributed by atoms with Crippen molar-refractivity contribution in [2.45, 2.75) is 74.8 Å². The fourth-order valence-electron chi connectivity index (χ4n) is 7.57. The van der Waals surface area contributed by atoms with E-state index < -0.39 is 10.0 Å². The lowest BCUT2D eigenvalue weighted by Crippen LogP contribution is -2.66. The van der Waals surface area contributed by atoms with Crippen molar-refractivity contribution in [1.29, 1.82) is 0 Å². The van der Waals surface area contributed by atoms with Gasteiger partial charge in [0.2, 0.25) is 10.0 Å². The van der Waals surface area contributed by atoms with Gasteiger partial charge in [0.15, 0.2) is 0 Å². The first kappa shape index (κ1) is 21.5. The first-order chi connectivity index (χ1) is 14.7. The van der Waals surface area contributed by atoms with Crippen LogP contribution < -0.4 is 5.73 Å². The Kier molecular flexibility index (Phi) is 5.30. The summed E-state index contributed by atoms with van der Waals surface area (Å²) in [6.07, 6.45) is 8.36. The highest BCUT2D eigenvalue weighted by molar-refractivity contribution is 7.89. The number of hydrogen-bond donors (Lipinski definition) is 1. The minimum Gasteiger partial charge on any atom is -0.351 e. The van der Waals surface area contributed by atoms with Gasteiger partial charge in [-0.15, -0.1) is 0 Å². The Bertz CT molecular complexity index is 932. The fourth-order valence-corrected chi connectivity index (χ4v) is 9.83. The molecule has 1 aromatic rings. The normalized spacial score (nSPS) is 33.5. The zero-order valence-corrected chi connectivity index (χ0v) is 19.7. The third-order valence-corrected chi connectivity index (χ3v) is 10.8. The lowest BCUT2D eigenvalue weighted by atomic mass is 9.52. The Morgan fingerprint density at radius 3 is 2.13 bits per heavy atom. The number of piperidine rings is 1. The van der Waals surface area contributed by atoms with Crippen molar-refractivity contribution in [3.8, 4) is 0 Å². The molecule has 4 aliphatic carbocycles. The quantitative estimate of drug-likeness (QED) is 0.724. The average Bonchev–Trinajstić information content (AvgIpc) is 2.66. The Hall–Kier alpha value is -1.31. The van der Waals surface area contributed by atoms with Crippen molar-refractivity contribution in [2.75, 3.05) is 13.1 Å². The lowest BCUT2D eigenvalue weighted by molar-refractivity contribution is -0.0865. The molecule has 8 heteroatoms. The summed E-state index contributed by atoms with van der Waals surface area (Å²) in [7, 11) is -3.67. The van der Waals surface area contributed by atoms with Crippen molar-refractivity contribution >= 4 is 27.7 Å². The van der Waals surface area contributed by atoms with E-state index in [-0.39, 0.29) is 27.5 Å². The number of benzene rings is 1. The van der Waals surface area contributed by atoms with E-state index in [9.17, 15) is 13.2 Å². The molecule has 1 saturated heterocycles. The molecule has 6 rings (SSSR count). The monoisotopic (exact) mass is 465 g/mol. The third kappa shape index (κ3) is 3.57. The Balaban J connectivity index is 1.35. The van der Waals surface area contributed by atoms with Gasteiger partial charge in [0, 0.05) is 24.7 Å². The number of carbonyl (C=O) groups is 1. The highest BCUT2D eigenvalue weighted by Crippen LogP contribution is 2.58. The van der Waals surface area contributed by atoms with E-state index in [0.29, 0.717) is 31.5 Å². The van der Waals surface area contributed by atoms with Gasteiger partial charge in [-0.2, -0.15) is 4.31 Å². The second-order valence-electron chi connectivity index (χ2n) is 10.4. The molecule has 5 aliphatic rings. The van der Waals surface area contributed by atoms with Gasteiger partial charge in [-0.3, -0.25) is 0 Å². The number of rotatable bonds is 4. The van der Waals surface area contributed by atoms with Gasteiger partial charge < -0.3 is 10.6 Å². The van der Waals surface area contributed by atoms with E-state index in [0.717, 1.165) is 37.0 Å². The molecule has 6 nitrogen and oxygen atoms in total. The van der Waals surface area contributed by atoms with Gasteiger partial charge >= 0.3 is 6.03 Å². The summed E-state index contributed by atoms with van der Waals surface area (Å²) in [6.45, 7) is 2.54. The van der Waals surface area contributed by atoms with Crippen molar-refractivity contribution in [1.82, 2.24) is 9.21 Å². The number of nitrogens with zero attached hydrogens (tertiary/aromatic N) is 2. The van der Waals surface area contributed by atoms with Crippen LogP contribution in [-0.4, -0.2) is 48.3 Å². The SMILES string of the molecule is Cc1cccc(Cl)c1S(=O)(=O)N1CCC(N(C(N)=O)C23CC4CC(CC(C4)C2)C3)CC1. The topological polar surface area (TPSA) is 83.7 Å². The molecular weight excluding hydrogens is 434 g/mol. The first-order valence-corrected chi connectivity index (χ1v) is 13.4. The zero-order valence-electron chi connectivity index (χ0n) is 18.1. The van der Waals surface area contributed by atoms with Crippen LogP contribution in [0, 0.1) is 24.7 Å². The molecule has 4 saturated carbocycles. The zero-order chi connectivity index (χ0) is 22.0. The largest absolute Gasteiger partial charge is 0.351 e. The van der Waals surface area contributed by atoms with E-state index >= 15 is 0 Å². The number of primary amides is 1. The fraction of sp³-hybridized carbons (Fsp3) is 0.696. The Labute approximate surface area is 190 Å². The number of hydrogen-bond acceptors (Lipinski definition) is 3. The van der Waals surface area contributed by atoms with Gasteiger partial charge in [0.05, 0.1) is 5.02 Å². The minimum absolute atomic E-state index is 0.00698. The molecule has 4 bridgehead atoms. The van der Waals surface area contributed by atoms with Gasteiger partial charge in [-0.05, 0) is 87.7 Å². The Morgan fingerprint density at radius 1 is 1.10 bits per heavy atom. The van der Waals surface area contributed by atoms with Crippen LogP contribution in [0.15, 0.2) is 23.1 Å². The van der Waals surface area contributed by atoms with Gasteiger partial charge in [-0.1, -0.05) is 23.7 Å².